The van der Waals surface area contributed by atoms with Gasteiger partial charge in [-0.25, -0.2) is 9.13 Å². The lowest BCUT2D eigenvalue weighted by atomic mass is 10.00. The van der Waals surface area contributed by atoms with Crippen LogP contribution in [-0.4, -0.2) is 96.7 Å². The van der Waals surface area contributed by atoms with Gasteiger partial charge in [-0.1, -0.05) is 325 Å². The Balaban J connectivity index is 5.20. The first-order valence-corrected chi connectivity index (χ1v) is 41.7. The summed E-state index contributed by atoms with van der Waals surface area (Å²) in [5.74, 6) is 0.883. The molecule has 0 aliphatic carbocycles. The first kappa shape index (κ1) is 92.1. The minimum absolute atomic E-state index is 0.106. The van der Waals surface area contributed by atoms with Crippen LogP contribution in [-0.2, 0) is 65.4 Å². The number of carbonyl (C=O) groups excluding carboxylic acids is 4. The third-order valence-electron chi connectivity index (χ3n) is 17.7. The fourth-order valence-corrected chi connectivity index (χ4v) is 12.9. The fourth-order valence-electron chi connectivity index (χ4n) is 11.3. The zero-order chi connectivity index (χ0) is 69.6. The van der Waals surface area contributed by atoms with E-state index in [1.54, 1.807) is 0 Å². The largest absolute Gasteiger partial charge is 0.472 e. The molecule has 0 fully saturated rings. The van der Waals surface area contributed by atoms with Gasteiger partial charge in [0.15, 0.2) is 12.2 Å². The molecule has 3 unspecified atom stereocenters. The van der Waals surface area contributed by atoms with Crippen molar-refractivity contribution in [3.05, 3.63) is 0 Å². The van der Waals surface area contributed by atoms with Crippen molar-refractivity contribution in [1.29, 1.82) is 0 Å². The average Bonchev–Trinajstić information content (AvgIpc) is 2.60. The van der Waals surface area contributed by atoms with Gasteiger partial charge in [-0.2, -0.15) is 0 Å². The van der Waals surface area contributed by atoms with Crippen molar-refractivity contribution in [2.24, 2.45) is 23.7 Å². The predicted molar refractivity (Wildman–Crippen MR) is 381 cm³/mol. The number of aliphatic hydroxyl groups excluding tert-OH is 1. The highest BCUT2D eigenvalue weighted by Gasteiger charge is 2.30. The van der Waals surface area contributed by atoms with Crippen molar-refractivity contribution in [1.82, 2.24) is 0 Å². The van der Waals surface area contributed by atoms with Crippen LogP contribution in [0, 0.1) is 23.7 Å². The van der Waals surface area contributed by atoms with E-state index in [0.29, 0.717) is 31.6 Å². The van der Waals surface area contributed by atoms with Gasteiger partial charge in [-0.05, 0) is 49.4 Å². The summed E-state index contributed by atoms with van der Waals surface area (Å²) >= 11 is 0. The third-order valence-corrected chi connectivity index (χ3v) is 19.6. The lowest BCUT2D eigenvalue weighted by Crippen LogP contribution is -2.30. The van der Waals surface area contributed by atoms with Crippen LogP contribution in [0.3, 0.4) is 0 Å². The Morgan fingerprint density at radius 3 is 0.755 bits per heavy atom. The molecule has 0 aliphatic rings. The van der Waals surface area contributed by atoms with E-state index in [-0.39, 0.29) is 25.7 Å². The summed E-state index contributed by atoms with van der Waals surface area (Å²) in [4.78, 5) is 72.7. The fraction of sp³-hybridized carbons (Fsp3) is 0.947. The minimum atomic E-state index is -4.96. The molecule has 0 amide bonds. The van der Waals surface area contributed by atoms with E-state index in [1.807, 2.05) is 0 Å². The first-order valence-electron chi connectivity index (χ1n) is 38.7. The SMILES string of the molecule is CCC(C)CCCCCCCCC(=O)OC[C@H](COP(=O)(O)OC[C@H](O)COP(=O)(O)OC[C@@H](COC(=O)CCCCCCCCC(C)C)OC(=O)CCCCCCCCCCCCCCCCC(C)C)OC(=O)CCCCCCCCCCCCCCCCCC(C)C. The van der Waals surface area contributed by atoms with Gasteiger partial charge in [-0.3, -0.25) is 37.3 Å². The van der Waals surface area contributed by atoms with E-state index in [0.717, 1.165) is 120 Å². The molecule has 0 saturated heterocycles. The lowest BCUT2D eigenvalue weighted by molar-refractivity contribution is -0.161. The highest BCUT2D eigenvalue weighted by atomic mass is 31.2. The molecule has 0 aromatic heterocycles. The van der Waals surface area contributed by atoms with E-state index in [2.05, 4.69) is 55.4 Å². The van der Waals surface area contributed by atoms with Gasteiger partial charge in [0, 0.05) is 25.7 Å². The Morgan fingerprint density at radius 1 is 0.298 bits per heavy atom. The van der Waals surface area contributed by atoms with Crippen LogP contribution in [0.1, 0.15) is 376 Å². The number of hydrogen-bond donors (Lipinski definition) is 3. The summed E-state index contributed by atoms with van der Waals surface area (Å²) < 4.78 is 68.4. The molecule has 0 radical (unpaired) electrons. The summed E-state index contributed by atoms with van der Waals surface area (Å²) in [5.41, 5.74) is 0. The number of ether oxygens (including phenoxy) is 4. The smallest absolute Gasteiger partial charge is 0.462 e. The Kier molecular flexibility index (Phi) is 63.1. The summed E-state index contributed by atoms with van der Waals surface area (Å²) in [6.45, 7) is 14.1. The maximum Gasteiger partial charge on any atom is 0.472 e. The second-order valence-corrected chi connectivity index (χ2v) is 31.6. The van der Waals surface area contributed by atoms with Gasteiger partial charge >= 0.3 is 39.5 Å². The van der Waals surface area contributed by atoms with E-state index < -0.39 is 97.5 Å². The molecule has 0 aromatic rings. The van der Waals surface area contributed by atoms with Crippen molar-refractivity contribution < 1.29 is 80.2 Å². The molecule has 0 bridgehead atoms. The van der Waals surface area contributed by atoms with E-state index >= 15 is 0 Å². The van der Waals surface area contributed by atoms with Crippen molar-refractivity contribution in [3.8, 4) is 0 Å². The molecule has 0 saturated carbocycles. The van der Waals surface area contributed by atoms with E-state index in [1.165, 1.54) is 167 Å². The molecular weight excluding hydrogens is 1230 g/mol. The van der Waals surface area contributed by atoms with Gasteiger partial charge in [0.25, 0.3) is 0 Å². The van der Waals surface area contributed by atoms with Crippen LogP contribution in [0.2, 0.25) is 0 Å². The summed E-state index contributed by atoms with van der Waals surface area (Å²) in [6.07, 6.45) is 48.8. The minimum Gasteiger partial charge on any atom is -0.462 e. The van der Waals surface area contributed by atoms with Crippen LogP contribution >= 0.6 is 15.6 Å². The topological polar surface area (TPSA) is 237 Å². The van der Waals surface area contributed by atoms with Gasteiger partial charge in [0.1, 0.15) is 19.3 Å². The number of phosphoric ester groups is 2. The molecule has 0 heterocycles. The molecule has 94 heavy (non-hydrogen) atoms. The molecule has 19 heteroatoms. The van der Waals surface area contributed by atoms with Crippen LogP contribution in [0.25, 0.3) is 0 Å². The number of phosphoric acid groups is 2. The molecule has 3 N–H and O–H groups in total. The normalized spacial score (nSPS) is 14.4. The highest BCUT2D eigenvalue weighted by Crippen LogP contribution is 2.45. The van der Waals surface area contributed by atoms with Crippen LogP contribution in [0.5, 0.6) is 0 Å². The van der Waals surface area contributed by atoms with E-state index in [4.69, 9.17) is 37.0 Å². The number of hydrogen-bond acceptors (Lipinski definition) is 15. The summed E-state index contributed by atoms with van der Waals surface area (Å²) in [6, 6.07) is 0. The lowest BCUT2D eigenvalue weighted by Gasteiger charge is -2.21. The molecule has 0 spiro atoms. The third kappa shape index (κ3) is 67.3. The van der Waals surface area contributed by atoms with Gasteiger partial charge in [0.05, 0.1) is 26.4 Å². The number of aliphatic hydroxyl groups is 1. The van der Waals surface area contributed by atoms with Gasteiger partial charge < -0.3 is 33.8 Å². The van der Waals surface area contributed by atoms with Crippen LogP contribution in [0.4, 0.5) is 0 Å². The Labute approximate surface area is 575 Å². The molecule has 0 rings (SSSR count). The standard InChI is InChI=1S/C75H146O17P2/c1-9-68(8)54-46-38-32-34-40-48-56-73(78)86-62-71(92-75(80)57-49-41-29-25-21-17-12-10-11-15-19-23-27-35-43-51-65(2)3)64-90-94(83,84)88-60-69(76)59-87-93(81,82)89-63-70(61-85-72(77)55-47-39-33-31-37-45-53-67(6)7)91-74(79)58-50-42-30-26-22-18-14-13-16-20-24-28-36-44-52-66(4)5/h65-71,76H,9-64H2,1-8H3,(H,81,82)(H,83,84)/t68?,69-,70-,71-/m1/s1. The van der Waals surface area contributed by atoms with Crippen molar-refractivity contribution in [2.45, 2.75) is 395 Å². The summed E-state index contributed by atoms with van der Waals surface area (Å²) in [5, 5.41) is 10.6. The van der Waals surface area contributed by atoms with Gasteiger partial charge in [-0.15, -0.1) is 0 Å². The Morgan fingerprint density at radius 2 is 0.511 bits per heavy atom. The summed E-state index contributed by atoms with van der Waals surface area (Å²) in [7, 11) is -9.91. The number of rotatable bonds is 72. The molecule has 17 nitrogen and oxygen atoms in total. The first-order chi connectivity index (χ1) is 45.1. The zero-order valence-electron chi connectivity index (χ0n) is 61.6. The molecular formula is C75H146O17P2. The number of esters is 4. The Bertz CT molecular complexity index is 1850. The van der Waals surface area contributed by atoms with Crippen LogP contribution in [0.15, 0.2) is 0 Å². The second-order valence-electron chi connectivity index (χ2n) is 28.7. The highest BCUT2D eigenvalue weighted by molar-refractivity contribution is 7.47. The maximum absolute atomic E-state index is 13.1. The quantitative estimate of drug-likeness (QED) is 0.0222. The van der Waals surface area contributed by atoms with Gasteiger partial charge in [0.2, 0.25) is 0 Å². The maximum atomic E-state index is 13.1. The number of unbranched alkanes of at least 4 members (excludes halogenated alkanes) is 37. The Hall–Kier alpha value is -1.94. The van der Waals surface area contributed by atoms with E-state index in [9.17, 15) is 43.2 Å². The molecule has 0 aliphatic heterocycles. The van der Waals surface area contributed by atoms with Crippen molar-refractivity contribution in [2.75, 3.05) is 39.6 Å². The van der Waals surface area contributed by atoms with Crippen LogP contribution < -0.4 is 0 Å². The molecule has 0 aromatic carbocycles. The molecule has 6 atom stereocenters. The second kappa shape index (κ2) is 64.4. The average molecular weight is 1380 g/mol. The zero-order valence-corrected chi connectivity index (χ0v) is 63.4. The van der Waals surface area contributed by atoms with Crippen molar-refractivity contribution >= 4 is 39.5 Å². The van der Waals surface area contributed by atoms with Crippen molar-refractivity contribution in [3.63, 3.8) is 0 Å². The molecule has 558 valence electrons. The predicted octanol–water partition coefficient (Wildman–Crippen LogP) is 21.7. The monoisotopic (exact) mass is 1380 g/mol. The number of carbonyl (C=O) groups is 4.